The van der Waals surface area contributed by atoms with E-state index in [1.807, 2.05) is 0 Å². The summed E-state index contributed by atoms with van der Waals surface area (Å²) >= 11 is 0. The van der Waals surface area contributed by atoms with Gasteiger partial charge in [-0.15, -0.1) is 0 Å². The van der Waals surface area contributed by atoms with E-state index >= 15 is 0 Å². The summed E-state index contributed by atoms with van der Waals surface area (Å²) in [5, 5.41) is 6.80. The van der Waals surface area contributed by atoms with Crippen molar-refractivity contribution in [3.05, 3.63) is 35.4 Å². The first-order chi connectivity index (χ1) is 12.5. The minimum absolute atomic E-state index is 0.0358. The highest BCUT2D eigenvalue weighted by Crippen LogP contribution is 2.43. The molecular formula is C20H30F2N4. The molecule has 2 fully saturated rings. The molecule has 2 atom stereocenters. The summed E-state index contributed by atoms with van der Waals surface area (Å²) in [4.78, 5) is 6.81. The third kappa shape index (κ3) is 4.72. The molecule has 1 aliphatic carbocycles. The number of rotatable bonds is 5. The van der Waals surface area contributed by atoms with Crippen LogP contribution < -0.4 is 10.6 Å². The van der Waals surface area contributed by atoms with Gasteiger partial charge in [-0.1, -0.05) is 19.9 Å². The molecule has 1 aromatic carbocycles. The average Bonchev–Trinajstić information content (AvgIpc) is 3.34. The number of benzene rings is 1. The molecule has 1 aliphatic heterocycles. The van der Waals surface area contributed by atoms with Crippen molar-refractivity contribution in [2.75, 3.05) is 26.7 Å². The van der Waals surface area contributed by atoms with Crippen LogP contribution in [-0.2, 0) is 0 Å². The van der Waals surface area contributed by atoms with Crippen LogP contribution in [0.3, 0.4) is 0 Å². The van der Waals surface area contributed by atoms with Gasteiger partial charge in [-0.05, 0) is 37.3 Å². The minimum Gasteiger partial charge on any atom is -0.354 e. The first-order valence-corrected chi connectivity index (χ1v) is 9.64. The number of nitrogens with zero attached hydrogens (tertiary/aromatic N) is 2. The molecule has 1 heterocycles. The molecule has 0 spiro atoms. The van der Waals surface area contributed by atoms with E-state index in [1.54, 1.807) is 7.05 Å². The number of nitrogens with one attached hydrogen (secondary N) is 2. The van der Waals surface area contributed by atoms with E-state index in [0.29, 0.717) is 12.0 Å². The molecule has 2 unspecified atom stereocenters. The predicted octanol–water partition coefficient (Wildman–Crippen LogP) is 3.11. The maximum atomic E-state index is 13.9. The molecule has 0 amide bonds. The Morgan fingerprint density at radius 3 is 2.42 bits per heavy atom. The highest BCUT2D eigenvalue weighted by molar-refractivity contribution is 5.80. The van der Waals surface area contributed by atoms with Gasteiger partial charge in [0.05, 0.1) is 0 Å². The number of hydrogen-bond acceptors (Lipinski definition) is 2. The number of hydrogen-bond donors (Lipinski definition) is 2. The first-order valence-electron chi connectivity index (χ1n) is 9.64. The lowest BCUT2D eigenvalue weighted by atomic mass is 10.0. The van der Waals surface area contributed by atoms with E-state index in [9.17, 15) is 8.78 Å². The maximum absolute atomic E-state index is 13.9. The van der Waals surface area contributed by atoms with Gasteiger partial charge in [0.25, 0.3) is 0 Å². The van der Waals surface area contributed by atoms with Crippen LogP contribution in [0.4, 0.5) is 8.78 Å². The molecule has 1 saturated heterocycles. The number of guanidine groups is 1. The van der Waals surface area contributed by atoms with Crippen LogP contribution in [0.25, 0.3) is 0 Å². The zero-order valence-corrected chi connectivity index (χ0v) is 15.9. The largest absolute Gasteiger partial charge is 0.354 e. The molecule has 26 heavy (non-hydrogen) atoms. The molecular weight excluding hydrogens is 334 g/mol. The molecule has 4 nitrogen and oxygen atoms in total. The molecule has 144 valence electrons. The molecule has 3 rings (SSSR count). The van der Waals surface area contributed by atoms with Crippen molar-refractivity contribution in [3.8, 4) is 0 Å². The van der Waals surface area contributed by atoms with Gasteiger partial charge in [0.2, 0.25) is 0 Å². The van der Waals surface area contributed by atoms with Crippen LogP contribution in [-0.4, -0.2) is 49.6 Å². The van der Waals surface area contributed by atoms with Crippen molar-refractivity contribution in [1.29, 1.82) is 0 Å². The third-order valence-electron chi connectivity index (χ3n) is 5.26. The topological polar surface area (TPSA) is 39.7 Å². The van der Waals surface area contributed by atoms with Gasteiger partial charge in [0.1, 0.15) is 11.6 Å². The fourth-order valence-electron chi connectivity index (χ4n) is 3.85. The van der Waals surface area contributed by atoms with Gasteiger partial charge in [-0.3, -0.25) is 4.99 Å². The van der Waals surface area contributed by atoms with Crippen LogP contribution in [0, 0.1) is 17.6 Å². The van der Waals surface area contributed by atoms with E-state index in [-0.39, 0.29) is 17.5 Å². The molecule has 1 aromatic rings. The van der Waals surface area contributed by atoms with Crippen molar-refractivity contribution in [2.45, 2.75) is 51.1 Å². The molecule has 6 heteroatoms. The van der Waals surface area contributed by atoms with Crippen molar-refractivity contribution in [2.24, 2.45) is 10.9 Å². The number of piperidine rings is 1. The lowest BCUT2D eigenvalue weighted by Gasteiger charge is -2.34. The fourth-order valence-corrected chi connectivity index (χ4v) is 3.85. The van der Waals surface area contributed by atoms with E-state index in [4.69, 9.17) is 0 Å². The minimum atomic E-state index is -0.459. The summed E-state index contributed by atoms with van der Waals surface area (Å²) in [5.41, 5.74) is 0.197. The first kappa shape index (κ1) is 19.1. The van der Waals surface area contributed by atoms with E-state index in [1.165, 1.54) is 18.2 Å². The number of halogens is 2. The van der Waals surface area contributed by atoms with E-state index in [0.717, 1.165) is 44.9 Å². The Bertz CT molecular complexity index is 618. The predicted molar refractivity (Wildman–Crippen MR) is 101 cm³/mol. The van der Waals surface area contributed by atoms with Gasteiger partial charge in [-0.25, -0.2) is 8.78 Å². The second-order valence-corrected chi connectivity index (χ2v) is 7.91. The van der Waals surface area contributed by atoms with Crippen molar-refractivity contribution >= 4 is 5.96 Å². The molecule has 0 aromatic heterocycles. The number of aliphatic imine (C=N–C) groups is 1. The van der Waals surface area contributed by atoms with E-state index in [2.05, 4.69) is 34.4 Å². The summed E-state index contributed by atoms with van der Waals surface area (Å²) in [6.45, 7) is 7.84. The average molecular weight is 364 g/mol. The lowest BCUT2D eigenvalue weighted by molar-refractivity contribution is 0.187. The second kappa shape index (κ2) is 8.33. The Morgan fingerprint density at radius 2 is 1.85 bits per heavy atom. The maximum Gasteiger partial charge on any atom is 0.191 e. The van der Waals surface area contributed by atoms with Crippen molar-refractivity contribution in [1.82, 2.24) is 15.5 Å². The summed E-state index contributed by atoms with van der Waals surface area (Å²) < 4.78 is 27.8. The summed E-state index contributed by atoms with van der Waals surface area (Å²) in [6, 6.07) is 4.49. The smallest absolute Gasteiger partial charge is 0.191 e. The third-order valence-corrected chi connectivity index (χ3v) is 5.26. The Labute approximate surface area is 155 Å². The Morgan fingerprint density at radius 1 is 1.19 bits per heavy atom. The summed E-state index contributed by atoms with van der Waals surface area (Å²) in [5.74, 6) is 0.387. The van der Waals surface area contributed by atoms with Crippen LogP contribution in [0.2, 0.25) is 0 Å². The number of likely N-dealkylation sites (tertiary alicyclic amines) is 1. The molecule has 1 saturated carbocycles. The fraction of sp³-hybridized carbons (Fsp3) is 0.650. The summed E-state index contributed by atoms with van der Waals surface area (Å²) in [7, 11) is 1.74. The molecule has 2 N–H and O–H groups in total. The normalized spacial score (nSPS) is 24.8. The lowest BCUT2D eigenvalue weighted by Crippen LogP contribution is -2.49. The molecule has 2 aliphatic rings. The van der Waals surface area contributed by atoms with Crippen LogP contribution >= 0.6 is 0 Å². The van der Waals surface area contributed by atoms with Gasteiger partial charge < -0.3 is 15.5 Å². The highest BCUT2D eigenvalue weighted by atomic mass is 19.1. The quantitative estimate of drug-likeness (QED) is 0.623. The Balaban J connectivity index is 1.48. The Hall–Kier alpha value is -1.69. The van der Waals surface area contributed by atoms with Gasteiger partial charge in [-0.2, -0.15) is 0 Å². The second-order valence-electron chi connectivity index (χ2n) is 7.91. The standard InChI is InChI=1S/C20H30F2N4/c1-13(2)12-26-9-7-14(8-10-26)24-20(23-3)25-18-11-15(18)19-16(21)5-4-6-17(19)22/h4-6,13-15,18H,7-12H2,1-3H3,(H2,23,24,25). The zero-order chi connectivity index (χ0) is 18.7. The SMILES string of the molecule is CN=C(NC1CCN(CC(C)C)CC1)NC1CC1c1c(F)cccc1F. The van der Waals surface area contributed by atoms with Gasteiger partial charge in [0.15, 0.2) is 5.96 Å². The van der Waals surface area contributed by atoms with Gasteiger partial charge >= 0.3 is 0 Å². The Kier molecular flexibility index (Phi) is 6.12. The van der Waals surface area contributed by atoms with Gasteiger partial charge in [0, 0.05) is 50.2 Å². The monoisotopic (exact) mass is 364 g/mol. The van der Waals surface area contributed by atoms with Crippen LogP contribution in [0.15, 0.2) is 23.2 Å². The van der Waals surface area contributed by atoms with E-state index < -0.39 is 11.6 Å². The van der Waals surface area contributed by atoms with Crippen molar-refractivity contribution < 1.29 is 8.78 Å². The van der Waals surface area contributed by atoms with Crippen molar-refractivity contribution in [3.63, 3.8) is 0 Å². The van der Waals surface area contributed by atoms with Crippen LogP contribution in [0.1, 0.15) is 44.6 Å². The zero-order valence-electron chi connectivity index (χ0n) is 15.9. The molecule has 0 bridgehead atoms. The van der Waals surface area contributed by atoms with Crippen LogP contribution in [0.5, 0.6) is 0 Å². The summed E-state index contributed by atoms with van der Waals surface area (Å²) in [6.07, 6.45) is 2.90. The highest BCUT2D eigenvalue weighted by Gasteiger charge is 2.42. The molecule has 0 radical (unpaired) electrons.